The molecule has 0 bridgehead atoms. The van der Waals surface area contributed by atoms with Crippen LogP contribution in [0.1, 0.15) is 38.5 Å². The molecule has 1 unspecified atom stereocenters. The van der Waals surface area contributed by atoms with Gasteiger partial charge in [0.05, 0.1) is 6.61 Å². The van der Waals surface area contributed by atoms with Crippen LogP contribution in [0.3, 0.4) is 0 Å². The van der Waals surface area contributed by atoms with Crippen LogP contribution in [0.15, 0.2) is 0 Å². The van der Waals surface area contributed by atoms with Gasteiger partial charge in [-0.2, -0.15) is 4.89 Å². The van der Waals surface area contributed by atoms with Crippen molar-refractivity contribution in [1.29, 1.82) is 0 Å². The van der Waals surface area contributed by atoms with Crippen molar-refractivity contribution < 1.29 is 19.6 Å². The Hall–Kier alpha value is -0.450. The van der Waals surface area contributed by atoms with Crippen molar-refractivity contribution in [3.63, 3.8) is 0 Å². The van der Waals surface area contributed by atoms with E-state index >= 15 is 0 Å². The lowest BCUT2D eigenvalue weighted by molar-refractivity contribution is -0.520. The number of carbonyl (C=O) groups is 1. The minimum atomic E-state index is -0.474. The van der Waals surface area contributed by atoms with E-state index in [1.54, 1.807) is 0 Å². The zero-order chi connectivity index (χ0) is 9.36. The quantitative estimate of drug-likeness (QED) is 0.465. The number of rotatable bonds is 1. The molecule has 0 radical (unpaired) electrons. The van der Waals surface area contributed by atoms with E-state index in [2.05, 4.69) is 5.04 Å². The Bertz CT molecular complexity index is 126. The molecular weight excluding hydrogens is 172 g/mol. The monoisotopic (exact) mass is 188 g/mol. The Kier molecular flexibility index (Phi) is 5.73. The second kappa shape index (κ2) is 7.00. The highest BCUT2D eigenvalue weighted by Gasteiger charge is 2.09. The van der Waals surface area contributed by atoms with Crippen LogP contribution in [0.4, 0.5) is 0 Å². The maximum absolute atomic E-state index is 10.4. The third-order valence-corrected chi connectivity index (χ3v) is 2.08. The van der Waals surface area contributed by atoms with Crippen molar-refractivity contribution in [2.24, 2.45) is 0 Å². The van der Waals surface area contributed by atoms with Gasteiger partial charge in [0.25, 0.3) is 0 Å². The number of hydrogen-bond acceptors (Lipinski definition) is 4. The summed E-state index contributed by atoms with van der Waals surface area (Å²) < 4.78 is 0. The molecule has 1 atom stereocenters. The van der Waals surface area contributed by atoms with Gasteiger partial charge in [-0.15, -0.1) is 0 Å². The predicted molar refractivity (Wildman–Crippen MR) is 45.7 cm³/mol. The van der Waals surface area contributed by atoms with Crippen molar-refractivity contribution in [1.82, 2.24) is 0 Å². The zero-order valence-electron chi connectivity index (χ0n) is 7.74. The fraction of sp³-hybridized carbons (Fsp3) is 0.889. The van der Waals surface area contributed by atoms with Crippen molar-refractivity contribution in [3.8, 4) is 0 Å². The van der Waals surface area contributed by atoms with Gasteiger partial charge in [-0.3, -0.25) is 0 Å². The molecule has 0 aromatic carbocycles. The second-order valence-corrected chi connectivity index (χ2v) is 3.22. The molecule has 0 aromatic heterocycles. The Morgan fingerprint density at radius 2 is 1.85 bits per heavy atom. The summed E-state index contributed by atoms with van der Waals surface area (Å²) >= 11 is 0. The van der Waals surface area contributed by atoms with E-state index in [1.807, 2.05) is 0 Å². The average molecular weight is 188 g/mol. The summed E-state index contributed by atoms with van der Waals surface area (Å²) in [6.07, 6.45) is 6.46. The third kappa shape index (κ3) is 4.98. The maximum Gasteiger partial charge on any atom is 0.152 e. The van der Waals surface area contributed by atoms with Gasteiger partial charge in [-0.05, 0) is 12.8 Å². The summed E-state index contributed by atoms with van der Waals surface area (Å²) in [7, 11) is 0. The van der Waals surface area contributed by atoms with Crippen molar-refractivity contribution in [2.45, 2.75) is 44.6 Å². The van der Waals surface area contributed by atoms with Crippen LogP contribution in [-0.4, -0.2) is 19.0 Å². The fourth-order valence-corrected chi connectivity index (χ4v) is 1.29. The van der Waals surface area contributed by atoms with E-state index < -0.39 is 6.10 Å². The first-order chi connectivity index (χ1) is 6.43. The van der Waals surface area contributed by atoms with Crippen LogP contribution < -0.4 is 0 Å². The molecular formula is C9H16O4. The summed E-state index contributed by atoms with van der Waals surface area (Å²) in [6, 6.07) is 0. The van der Waals surface area contributed by atoms with E-state index in [4.69, 9.17) is 9.78 Å². The molecule has 1 rings (SSSR count). The smallest absolute Gasteiger partial charge is 0.152 e. The van der Waals surface area contributed by atoms with Crippen molar-refractivity contribution in [3.05, 3.63) is 0 Å². The molecule has 0 saturated carbocycles. The lowest BCUT2D eigenvalue weighted by atomic mass is 10.1. The zero-order valence-corrected chi connectivity index (χ0v) is 7.74. The Morgan fingerprint density at radius 3 is 2.69 bits per heavy atom. The molecule has 1 aliphatic heterocycles. The first-order valence-electron chi connectivity index (χ1n) is 4.83. The molecule has 0 N–H and O–H groups in total. The summed E-state index contributed by atoms with van der Waals surface area (Å²) in [4.78, 5) is 19.9. The van der Waals surface area contributed by atoms with E-state index in [1.165, 1.54) is 6.42 Å². The molecule has 1 saturated heterocycles. The third-order valence-electron chi connectivity index (χ3n) is 2.08. The Morgan fingerprint density at radius 1 is 1.08 bits per heavy atom. The standard InChI is InChI=1S/C9H16O4/c10-8-9-6-4-2-1-3-5-7-11-13-12-9/h8-9H,1-7H2. The van der Waals surface area contributed by atoms with E-state index in [9.17, 15) is 4.79 Å². The average Bonchev–Trinajstić information content (AvgIpc) is 2.22. The van der Waals surface area contributed by atoms with Crippen LogP contribution in [0.5, 0.6) is 0 Å². The summed E-state index contributed by atoms with van der Waals surface area (Å²) in [6.45, 7) is 0.533. The highest BCUT2D eigenvalue weighted by molar-refractivity contribution is 5.55. The van der Waals surface area contributed by atoms with Crippen LogP contribution in [0, 0.1) is 0 Å². The molecule has 13 heavy (non-hydrogen) atoms. The maximum atomic E-state index is 10.4. The van der Waals surface area contributed by atoms with Gasteiger partial charge in [-0.1, -0.05) is 30.7 Å². The highest BCUT2D eigenvalue weighted by atomic mass is 17.5. The van der Waals surface area contributed by atoms with Crippen LogP contribution in [0.25, 0.3) is 0 Å². The minimum absolute atomic E-state index is 0.474. The first kappa shape index (κ1) is 10.6. The van der Waals surface area contributed by atoms with E-state index in [0.717, 1.165) is 32.0 Å². The number of aldehydes is 1. The van der Waals surface area contributed by atoms with Crippen molar-refractivity contribution in [2.75, 3.05) is 6.61 Å². The van der Waals surface area contributed by atoms with E-state index in [-0.39, 0.29) is 0 Å². The van der Waals surface area contributed by atoms with Crippen molar-refractivity contribution >= 4 is 6.29 Å². The largest absolute Gasteiger partial charge is 0.300 e. The van der Waals surface area contributed by atoms with E-state index in [0.29, 0.717) is 13.0 Å². The Balaban J connectivity index is 2.22. The van der Waals surface area contributed by atoms with Gasteiger partial charge < -0.3 is 4.79 Å². The van der Waals surface area contributed by atoms with Gasteiger partial charge in [0.15, 0.2) is 12.4 Å². The molecule has 0 spiro atoms. The molecule has 1 aliphatic rings. The summed E-state index contributed by atoms with van der Waals surface area (Å²) in [5, 5.41) is 4.44. The lowest BCUT2D eigenvalue weighted by Crippen LogP contribution is -2.15. The molecule has 1 heterocycles. The molecule has 1 fully saturated rings. The van der Waals surface area contributed by atoms with Crippen LogP contribution in [0.2, 0.25) is 0 Å². The van der Waals surface area contributed by atoms with Crippen LogP contribution in [-0.2, 0) is 19.6 Å². The SMILES string of the molecule is O=CC1CCCCCCCOOO1. The topological polar surface area (TPSA) is 44.8 Å². The number of carbonyl (C=O) groups excluding carboxylic acids is 1. The van der Waals surface area contributed by atoms with Gasteiger partial charge in [0.2, 0.25) is 0 Å². The second-order valence-electron chi connectivity index (χ2n) is 3.22. The molecule has 76 valence electrons. The molecule has 4 heteroatoms. The first-order valence-corrected chi connectivity index (χ1v) is 4.83. The van der Waals surface area contributed by atoms with Crippen LogP contribution >= 0.6 is 0 Å². The molecule has 0 aromatic rings. The summed E-state index contributed by atoms with van der Waals surface area (Å²) in [5.74, 6) is 0. The molecule has 0 amide bonds. The van der Waals surface area contributed by atoms with Gasteiger partial charge in [-0.25, -0.2) is 4.89 Å². The fourth-order valence-electron chi connectivity index (χ4n) is 1.29. The minimum Gasteiger partial charge on any atom is -0.300 e. The number of hydrogen-bond donors (Lipinski definition) is 0. The molecule has 4 nitrogen and oxygen atoms in total. The lowest BCUT2D eigenvalue weighted by Gasteiger charge is -2.07. The normalized spacial score (nSPS) is 27.5. The molecule has 0 aliphatic carbocycles. The Labute approximate surface area is 78.0 Å². The summed E-state index contributed by atoms with van der Waals surface area (Å²) in [5.41, 5.74) is 0. The van der Waals surface area contributed by atoms with Gasteiger partial charge >= 0.3 is 0 Å². The highest BCUT2D eigenvalue weighted by Crippen LogP contribution is 2.10. The predicted octanol–water partition coefficient (Wildman–Crippen LogP) is 1.79. The van der Waals surface area contributed by atoms with Gasteiger partial charge in [0.1, 0.15) is 0 Å². The van der Waals surface area contributed by atoms with Gasteiger partial charge in [0, 0.05) is 0 Å².